The first-order valence-electron chi connectivity index (χ1n) is 18.4. The summed E-state index contributed by atoms with van der Waals surface area (Å²) in [6, 6.07) is 47.0. The minimum absolute atomic E-state index is 0.351. The SMILES string of the molecule is Cc1cc(C)c(OCc2ccccc2)c(-c2cnn(-c3cccc(Oc4ccc5c6ccccc6n(-c6cc(F)ccn6)c5c4)c3)c2)c1OCc1ccccc1. The first-order valence-corrected chi connectivity index (χ1v) is 18.4. The van der Waals surface area contributed by atoms with Gasteiger partial charge in [0, 0.05) is 46.9 Å². The molecule has 9 aromatic rings. The predicted molar refractivity (Wildman–Crippen MR) is 219 cm³/mol. The summed E-state index contributed by atoms with van der Waals surface area (Å²) >= 11 is 0. The molecule has 56 heavy (non-hydrogen) atoms. The number of rotatable bonds is 11. The molecular formula is C48H37FN4O3. The summed E-state index contributed by atoms with van der Waals surface area (Å²) in [4.78, 5) is 4.49. The van der Waals surface area contributed by atoms with Crippen LogP contribution in [0, 0.1) is 19.7 Å². The fourth-order valence-electron chi connectivity index (χ4n) is 7.24. The zero-order valence-electron chi connectivity index (χ0n) is 30.9. The van der Waals surface area contributed by atoms with E-state index in [9.17, 15) is 4.39 Å². The average molecular weight is 737 g/mol. The molecule has 3 heterocycles. The molecule has 0 atom stereocenters. The third-order valence-electron chi connectivity index (χ3n) is 9.83. The number of benzene rings is 6. The Morgan fingerprint density at radius 2 is 1.27 bits per heavy atom. The molecule has 9 rings (SSSR count). The van der Waals surface area contributed by atoms with Crippen molar-refractivity contribution in [3.05, 3.63) is 192 Å². The number of hydrogen-bond donors (Lipinski definition) is 0. The molecule has 0 spiro atoms. The predicted octanol–water partition coefficient (Wildman–Crippen LogP) is 11.7. The number of pyridine rings is 1. The molecule has 7 nitrogen and oxygen atoms in total. The molecule has 274 valence electrons. The normalized spacial score (nSPS) is 11.3. The van der Waals surface area contributed by atoms with E-state index in [0.29, 0.717) is 30.5 Å². The second-order valence-electron chi connectivity index (χ2n) is 13.7. The van der Waals surface area contributed by atoms with Crippen LogP contribution in [0.25, 0.3) is 44.4 Å². The van der Waals surface area contributed by atoms with E-state index in [1.165, 1.54) is 18.3 Å². The van der Waals surface area contributed by atoms with Crippen molar-refractivity contribution >= 4 is 21.8 Å². The first-order chi connectivity index (χ1) is 27.5. The quantitative estimate of drug-likeness (QED) is 0.132. The number of halogens is 1. The highest BCUT2D eigenvalue weighted by Crippen LogP contribution is 2.44. The van der Waals surface area contributed by atoms with Crippen LogP contribution < -0.4 is 14.2 Å². The minimum Gasteiger partial charge on any atom is -0.488 e. The largest absolute Gasteiger partial charge is 0.488 e. The van der Waals surface area contributed by atoms with Crippen LogP contribution in [0.15, 0.2) is 164 Å². The molecule has 0 aliphatic rings. The molecule has 0 saturated heterocycles. The minimum atomic E-state index is -0.351. The van der Waals surface area contributed by atoms with Crippen molar-refractivity contribution in [1.29, 1.82) is 0 Å². The molecule has 0 saturated carbocycles. The Kier molecular flexibility index (Phi) is 9.21. The lowest BCUT2D eigenvalue weighted by atomic mass is 9.99. The van der Waals surface area contributed by atoms with E-state index in [1.807, 2.05) is 119 Å². The zero-order valence-corrected chi connectivity index (χ0v) is 30.9. The van der Waals surface area contributed by atoms with Crippen LogP contribution in [0.5, 0.6) is 23.0 Å². The Hall–Kier alpha value is -7.19. The maximum absolute atomic E-state index is 14.4. The van der Waals surface area contributed by atoms with Gasteiger partial charge in [0.1, 0.15) is 47.8 Å². The van der Waals surface area contributed by atoms with Gasteiger partial charge in [0.25, 0.3) is 0 Å². The monoisotopic (exact) mass is 736 g/mol. The maximum Gasteiger partial charge on any atom is 0.140 e. The smallest absolute Gasteiger partial charge is 0.140 e. The first kappa shape index (κ1) is 34.6. The van der Waals surface area contributed by atoms with E-state index in [-0.39, 0.29) is 5.82 Å². The lowest BCUT2D eigenvalue weighted by Crippen LogP contribution is -2.04. The van der Waals surface area contributed by atoms with Crippen molar-refractivity contribution in [2.45, 2.75) is 27.1 Å². The molecule has 0 N–H and O–H groups in total. The second kappa shape index (κ2) is 14.9. The van der Waals surface area contributed by atoms with Crippen molar-refractivity contribution in [3.63, 3.8) is 0 Å². The molecular weight excluding hydrogens is 700 g/mol. The molecule has 0 fully saturated rings. The van der Waals surface area contributed by atoms with Gasteiger partial charge in [-0.15, -0.1) is 0 Å². The van der Waals surface area contributed by atoms with Crippen LogP contribution in [0.2, 0.25) is 0 Å². The third kappa shape index (κ3) is 6.84. The zero-order chi connectivity index (χ0) is 38.0. The van der Waals surface area contributed by atoms with Crippen LogP contribution in [-0.2, 0) is 13.2 Å². The summed E-state index contributed by atoms with van der Waals surface area (Å²) in [6.45, 7) is 4.95. The topological polar surface area (TPSA) is 63.3 Å². The standard InChI is InChI=1S/C48H37FN4O3/c1-32-24-33(2)48(55-31-35-14-7-4-8-15-35)46(47(32)54-30-34-12-5-3-6-13-34)36-28-51-52(29-36)38-16-11-17-39(26-38)56-40-20-21-42-41-18-9-10-19-43(41)53(44(42)27-40)45-25-37(49)22-23-50-45/h3-29H,30-31H2,1-2H3. The molecule has 0 unspecified atom stereocenters. The molecule has 8 heteroatoms. The lowest BCUT2D eigenvalue weighted by molar-refractivity contribution is 0.290. The number of aryl methyl sites for hydroxylation is 2. The summed E-state index contributed by atoms with van der Waals surface area (Å²) in [5.74, 6) is 2.91. The van der Waals surface area contributed by atoms with E-state index >= 15 is 0 Å². The highest BCUT2D eigenvalue weighted by Gasteiger charge is 2.22. The van der Waals surface area contributed by atoms with Crippen LogP contribution in [-0.4, -0.2) is 19.3 Å². The van der Waals surface area contributed by atoms with Crippen molar-refractivity contribution in [1.82, 2.24) is 19.3 Å². The Balaban J connectivity index is 1.06. The molecule has 0 aliphatic heterocycles. The summed E-state index contributed by atoms with van der Waals surface area (Å²) in [7, 11) is 0. The number of fused-ring (bicyclic) bond motifs is 3. The van der Waals surface area contributed by atoms with E-state index in [2.05, 4.69) is 55.2 Å². The average Bonchev–Trinajstić information content (AvgIpc) is 3.84. The van der Waals surface area contributed by atoms with Gasteiger partial charge in [-0.05, 0) is 78.6 Å². The van der Waals surface area contributed by atoms with Gasteiger partial charge in [0.2, 0.25) is 0 Å². The Morgan fingerprint density at radius 1 is 0.607 bits per heavy atom. The Bertz CT molecular complexity index is 2760. The van der Waals surface area contributed by atoms with Crippen molar-refractivity contribution in [2.75, 3.05) is 0 Å². The number of ether oxygens (including phenoxy) is 3. The fourth-order valence-corrected chi connectivity index (χ4v) is 7.24. The molecule has 0 aliphatic carbocycles. The lowest BCUT2D eigenvalue weighted by Gasteiger charge is -2.20. The highest BCUT2D eigenvalue weighted by atomic mass is 19.1. The van der Waals surface area contributed by atoms with E-state index in [4.69, 9.17) is 19.3 Å². The van der Waals surface area contributed by atoms with Gasteiger partial charge < -0.3 is 14.2 Å². The second-order valence-corrected chi connectivity index (χ2v) is 13.7. The van der Waals surface area contributed by atoms with Crippen LogP contribution in [0.3, 0.4) is 0 Å². The number of para-hydroxylation sites is 1. The van der Waals surface area contributed by atoms with E-state index in [0.717, 1.165) is 72.4 Å². The van der Waals surface area contributed by atoms with Gasteiger partial charge in [0.15, 0.2) is 0 Å². The number of nitrogens with zero attached hydrogens (tertiary/aromatic N) is 4. The Morgan fingerprint density at radius 3 is 1.98 bits per heavy atom. The van der Waals surface area contributed by atoms with Gasteiger partial charge >= 0.3 is 0 Å². The van der Waals surface area contributed by atoms with Crippen LogP contribution in [0.4, 0.5) is 4.39 Å². The fraction of sp³-hybridized carbons (Fsp3) is 0.0833. The van der Waals surface area contributed by atoms with Gasteiger partial charge in [-0.1, -0.05) is 84.9 Å². The summed E-state index contributed by atoms with van der Waals surface area (Å²) in [6.07, 6.45) is 5.32. The van der Waals surface area contributed by atoms with Gasteiger partial charge in [0.05, 0.1) is 28.5 Å². The molecule has 6 aromatic carbocycles. The Labute approximate surface area is 323 Å². The molecule has 0 radical (unpaired) electrons. The highest BCUT2D eigenvalue weighted by molar-refractivity contribution is 6.09. The molecule has 3 aromatic heterocycles. The van der Waals surface area contributed by atoms with Crippen LogP contribution in [0.1, 0.15) is 22.3 Å². The summed E-state index contributed by atoms with van der Waals surface area (Å²) in [5, 5.41) is 6.88. The summed E-state index contributed by atoms with van der Waals surface area (Å²) in [5.41, 5.74) is 8.48. The van der Waals surface area contributed by atoms with Crippen molar-refractivity contribution in [2.24, 2.45) is 0 Å². The van der Waals surface area contributed by atoms with Crippen molar-refractivity contribution in [3.8, 4) is 45.6 Å². The third-order valence-corrected chi connectivity index (χ3v) is 9.83. The van der Waals surface area contributed by atoms with Gasteiger partial charge in [-0.2, -0.15) is 5.10 Å². The molecule has 0 bridgehead atoms. The summed E-state index contributed by atoms with van der Waals surface area (Å²) < 4.78 is 37.8. The van der Waals surface area contributed by atoms with Crippen molar-refractivity contribution < 1.29 is 18.6 Å². The van der Waals surface area contributed by atoms with Gasteiger partial charge in [-0.25, -0.2) is 14.1 Å². The van der Waals surface area contributed by atoms with Crippen LogP contribution >= 0.6 is 0 Å². The number of hydrogen-bond acceptors (Lipinski definition) is 5. The molecule has 0 amide bonds. The van der Waals surface area contributed by atoms with E-state index < -0.39 is 0 Å². The number of aromatic nitrogens is 4. The van der Waals surface area contributed by atoms with Gasteiger partial charge in [-0.3, -0.25) is 4.57 Å². The van der Waals surface area contributed by atoms with E-state index in [1.54, 1.807) is 0 Å². The maximum atomic E-state index is 14.4.